The first-order chi connectivity index (χ1) is 7.63. The van der Waals surface area contributed by atoms with Crippen molar-refractivity contribution in [3.63, 3.8) is 0 Å². The maximum absolute atomic E-state index is 13.8. The van der Waals surface area contributed by atoms with Crippen LogP contribution in [0.2, 0.25) is 0 Å². The van der Waals surface area contributed by atoms with Gasteiger partial charge in [-0.3, -0.25) is 4.98 Å². The minimum Gasteiger partial charge on any atom is -0.385 e. The molecular weight excluding hydrogens is 203 g/mol. The van der Waals surface area contributed by atoms with E-state index in [0.29, 0.717) is 5.39 Å². The van der Waals surface area contributed by atoms with Gasteiger partial charge in [-0.15, -0.1) is 0 Å². The van der Waals surface area contributed by atoms with Crippen molar-refractivity contribution in [1.29, 1.82) is 0 Å². The topological polar surface area (TPSA) is 24.9 Å². The van der Waals surface area contributed by atoms with Gasteiger partial charge < -0.3 is 5.32 Å². The lowest BCUT2D eigenvalue weighted by Crippen LogP contribution is -2.01. The van der Waals surface area contributed by atoms with E-state index in [1.807, 2.05) is 26.8 Å². The predicted molar refractivity (Wildman–Crippen MR) is 65.3 cm³/mol. The number of nitrogens with zero attached hydrogens (tertiary/aromatic N) is 1. The largest absolute Gasteiger partial charge is 0.385 e. The second-order valence-corrected chi connectivity index (χ2v) is 3.93. The Kier molecular flexibility index (Phi) is 2.77. The van der Waals surface area contributed by atoms with Gasteiger partial charge in [0.05, 0.1) is 10.9 Å². The third-order valence-corrected chi connectivity index (χ3v) is 2.61. The number of halogens is 1. The first kappa shape index (κ1) is 10.9. The zero-order chi connectivity index (χ0) is 11.7. The van der Waals surface area contributed by atoms with Crippen LogP contribution >= 0.6 is 0 Å². The Labute approximate surface area is 94.5 Å². The molecule has 2 nitrogen and oxygen atoms in total. The van der Waals surface area contributed by atoms with Crippen LogP contribution in [0.1, 0.15) is 18.2 Å². The fourth-order valence-corrected chi connectivity index (χ4v) is 1.89. The van der Waals surface area contributed by atoms with Gasteiger partial charge in [-0.2, -0.15) is 0 Å². The highest BCUT2D eigenvalue weighted by molar-refractivity contribution is 5.93. The molecule has 1 heterocycles. The molecule has 3 heteroatoms. The van der Waals surface area contributed by atoms with Crippen LogP contribution in [-0.4, -0.2) is 11.5 Å². The van der Waals surface area contributed by atoms with Gasteiger partial charge in [0, 0.05) is 17.9 Å². The van der Waals surface area contributed by atoms with Gasteiger partial charge in [0.2, 0.25) is 0 Å². The highest BCUT2D eigenvalue weighted by atomic mass is 19.1. The molecule has 0 radical (unpaired) electrons. The molecule has 2 rings (SSSR count). The zero-order valence-electron chi connectivity index (χ0n) is 9.76. The van der Waals surface area contributed by atoms with Crippen LogP contribution in [0.5, 0.6) is 0 Å². The summed E-state index contributed by atoms with van der Waals surface area (Å²) in [5.74, 6) is -0.218. The van der Waals surface area contributed by atoms with Crippen molar-refractivity contribution in [2.24, 2.45) is 0 Å². The molecule has 0 saturated heterocycles. The monoisotopic (exact) mass is 218 g/mol. The van der Waals surface area contributed by atoms with Gasteiger partial charge in [-0.1, -0.05) is 6.07 Å². The van der Waals surface area contributed by atoms with E-state index in [0.717, 1.165) is 29.0 Å². The van der Waals surface area contributed by atoms with E-state index in [9.17, 15) is 4.39 Å². The number of benzene rings is 1. The van der Waals surface area contributed by atoms with Crippen molar-refractivity contribution < 1.29 is 4.39 Å². The highest BCUT2D eigenvalue weighted by Crippen LogP contribution is 2.27. The van der Waals surface area contributed by atoms with Crippen LogP contribution in [0.15, 0.2) is 18.2 Å². The first-order valence-electron chi connectivity index (χ1n) is 5.43. The normalized spacial score (nSPS) is 10.8. The lowest BCUT2D eigenvalue weighted by atomic mass is 10.1. The minimum absolute atomic E-state index is 0.218. The average Bonchev–Trinajstić information content (AvgIpc) is 2.23. The molecule has 2 aromatic rings. The number of anilines is 1. The summed E-state index contributed by atoms with van der Waals surface area (Å²) in [6.45, 7) is 6.63. The Hall–Kier alpha value is -1.64. The highest BCUT2D eigenvalue weighted by Gasteiger charge is 2.10. The maximum atomic E-state index is 13.8. The predicted octanol–water partition coefficient (Wildman–Crippen LogP) is 3.42. The van der Waals surface area contributed by atoms with Crippen LogP contribution < -0.4 is 5.32 Å². The summed E-state index contributed by atoms with van der Waals surface area (Å²) in [5, 5.41) is 3.77. The number of rotatable bonds is 2. The third-order valence-electron chi connectivity index (χ3n) is 2.61. The number of hydrogen-bond donors (Lipinski definition) is 1. The van der Waals surface area contributed by atoms with Gasteiger partial charge in [0.25, 0.3) is 0 Å². The smallest absolute Gasteiger partial charge is 0.134 e. The van der Waals surface area contributed by atoms with Crippen molar-refractivity contribution >= 4 is 16.6 Å². The van der Waals surface area contributed by atoms with E-state index in [1.54, 1.807) is 6.07 Å². The quantitative estimate of drug-likeness (QED) is 0.835. The lowest BCUT2D eigenvalue weighted by molar-refractivity contribution is 0.639. The number of aryl methyl sites for hydroxylation is 2. The van der Waals surface area contributed by atoms with Crippen LogP contribution in [0, 0.1) is 19.7 Å². The van der Waals surface area contributed by atoms with Crippen molar-refractivity contribution in [3.05, 3.63) is 35.3 Å². The summed E-state index contributed by atoms with van der Waals surface area (Å²) in [7, 11) is 0. The summed E-state index contributed by atoms with van der Waals surface area (Å²) < 4.78 is 13.8. The fraction of sp³-hybridized carbons (Fsp3) is 0.308. The molecule has 0 atom stereocenters. The number of aromatic nitrogens is 1. The molecule has 0 fully saturated rings. The summed E-state index contributed by atoms with van der Waals surface area (Å²) in [5.41, 5.74) is 3.47. The van der Waals surface area contributed by atoms with Gasteiger partial charge in [-0.25, -0.2) is 4.39 Å². The Morgan fingerprint density at radius 3 is 2.75 bits per heavy atom. The van der Waals surface area contributed by atoms with E-state index in [1.165, 1.54) is 6.07 Å². The Morgan fingerprint density at radius 2 is 2.06 bits per heavy atom. The maximum Gasteiger partial charge on any atom is 0.134 e. The summed E-state index contributed by atoms with van der Waals surface area (Å²) >= 11 is 0. The van der Waals surface area contributed by atoms with Gasteiger partial charge >= 0.3 is 0 Å². The molecule has 0 aliphatic rings. The Morgan fingerprint density at radius 1 is 1.31 bits per heavy atom. The number of hydrogen-bond acceptors (Lipinski definition) is 2. The Balaban J connectivity index is 2.83. The Bertz CT molecular complexity index is 535. The zero-order valence-corrected chi connectivity index (χ0v) is 9.76. The first-order valence-corrected chi connectivity index (χ1v) is 5.43. The van der Waals surface area contributed by atoms with E-state index in [-0.39, 0.29) is 5.82 Å². The molecule has 0 unspecified atom stereocenters. The van der Waals surface area contributed by atoms with Crippen LogP contribution in [0.4, 0.5) is 10.1 Å². The molecule has 0 saturated carbocycles. The molecule has 84 valence electrons. The number of pyridine rings is 1. The lowest BCUT2D eigenvalue weighted by Gasteiger charge is -2.11. The molecule has 0 spiro atoms. The van der Waals surface area contributed by atoms with Crippen LogP contribution in [0.25, 0.3) is 10.9 Å². The SMILES string of the molecule is CCNc1cc(C)nc2c(C)ccc(F)c12. The molecule has 1 N–H and O–H groups in total. The molecule has 1 aromatic carbocycles. The van der Waals surface area contributed by atoms with Gasteiger partial charge in [-0.05, 0) is 38.5 Å². The van der Waals surface area contributed by atoms with Crippen molar-refractivity contribution in [1.82, 2.24) is 4.98 Å². The fourth-order valence-electron chi connectivity index (χ4n) is 1.89. The van der Waals surface area contributed by atoms with Crippen LogP contribution in [-0.2, 0) is 0 Å². The van der Waals surface area contributed by atoms with Crippen LogP contribution in [0.3, 0.4) is 0 Å². The molecule has 0 aliphatic heterocycles. The summed E-state index contributed by atoms with van der Waals surface area (Å²) in [6, 6.07) is 5.14. The number of nitrogens with one attached hydrogen (secondary N) is 1. The van der Waals surface area contributed by atoms with Gasteiger partial charge in [0.15, 0.2) is 0 Å². The minimum atomic E-state index is -0.218. The summed E-state index contributed by atoms with van der Waals surface area (Å²) in [6.07, 6.45) is 0. The van der Waals surface area contributed by atoms with Crippen molar-refractivity contribution in [3.8, 4) is 0 Å². The standard InChI is InChI=1S/C13H15FN2/c1-4-15-11-7-9(3)16-13-8(2)5-6-10(14)12(11)13/h5-7H,4H2,1-3H3,(H,15,16). The molecular formula is C13H15FN2. The second kappa shape index (κ2) is 4.08. The van der Waals surface area contributed by atoms with E-state index in [4.69, 9.17) is 0 Å². The molecule has 0 aliphatic carbocycles. The van der Waals surface area contributed by atoms with E-state index >= 15 is 0 Å². The van der Waals surface area contributed by atoms with E-state index in [2.05, 4.69) is 10.3 Å². The molecule has 0 bridgehead atoms. The third kappa shape index (κ3) is 1.73. The molecule has 0 amide bonds. The average molecular weight is 218 g/mol. The molecule has 16 heavy (non-hydrogen) atoms. The van der Waals surface area contributed by atoms with Crippen molar-refractivity contribution in [2.75, 3.05) is 11.9 Å². The second-order valence-electron chi connectivity index (χ2n) is 3.93. The van der Waals surface area contributed by atoms with Crippen molar-refractivity contribution in [2.45, 2.75) is 20.8 Å². The van der Waals surface area contributed by atoms with E-state index < -0.39 is 0 Å². The number of fused-ring (bicyclic) bond motifs is 1. The summed E-state index contributed by atoms with van der Waals surface area (Å²) in [4.78, 5) is 4.40. The molecule has 1 aromatic heterocycles. The van der Waals surface area contributed by atoms with Gasteiger partial charge in [0.1, 0.15) is 5.82 Å².